The Balaban J connectivity index is 1.67. The third-order valence-corrected chi connectivity index (χ3v) is 4.43. The average molecular weight is 349 g/mol. The molecule has 26 heavy (non-hydrogen) atoms. The molecule has 1 amide bonds. The molecule has 130 valence electrons. The summed E-state index contributed by atoms with van der Waals surface area (Å²) < 4.78 is 5.31. The Bertz CT molecular complexity index is 981. The number of hydrogen-bond acceptors (Lipinski definition) is 5. The molecule has 2 aromatic carbocycles. The van der Waals surface area contributed by atoms with Gasteiger partial charge in [0.2, 0.25) is 0 Å². The topological polar surface area (TPSA) is 89.5 Å². The lowest BCUT2D eigenvalue weighted by Crippen LogP contribution is -2.35. The number of nitro groups is 1. The van der Waals surface area contributed by atoms with Crippen molar-refractivity contribution in [2.24, 2.45) is 0 Å². The number of non-ortho nitro benzene ring substituents is 1. The van der Waals surface area contributed by atoms with Crippen LogP contribution in [0.15, 0.2) is 59.1 Å². The van der Waals surface area contributed by atoms with E-state index >= 15 is 0 Å². The molecule has 0 radical (unpaired) electrons. The summed E-state index contributed by atoms with van der Waals surface area (Å²) >= 11 is 0. The summed E-state index contributed by atoms with van der Waals surface area (Å²) in [6, 6.07) is 15.6. The molecule has 7 nitrogen and oxygen atoms in total. The molecular weight excluding hydrogens is 334 g/mol. The normalized spacial score (nSPS) is 13.3. The van der Waals surface area contributed by atoms with Crippen LogP contribution in [-0.2, 0) is 6.42 Å². The number of amides is 1. The van der Waals surface area contributed by atoms with E-state index in [1.54, 1.807) is 17.0 Å². The van der Waals surface area contributed by atoms with Gasteiger partial charge in [0, 0.05) is 30.3 Å². The zero-order valence-electron chi connectivity index (χ0n) is 13.8. The maximum Gasteiger partial charge on any atom is 0.280 e. The minimum atomic E-state index is -0.457. The van der Waals surface area contributed by atoms with Crippen molar-refractivity contribution in [2.45, 2.75) is 12.8 Å². The molecule has 0 bridgehead atoms. The zero-order chi connectivity index (χ0) is 18.1. The van der Waals surface area contributed by atoms with Crippen LogP contribution in [0.4, 0.5) is 11.4 Å². The van der Waals surface area contributed by atoms with E-state index in [0.29, 0.717) is 18.0 Å². The highest BCUT2D eigenvalue weighted by Crippen LogP contribution is 2.32. The number of nitrogens with zero attached hydrogens (tertiary/aromatic N) is 3. The summed E-state index contributed by atoms with van der Waals surface area (Å²) in [5.74, 6) is 0.183. The van der Waals surface area contributed by atoms with Gasteiger partial charge in [-0.05, 0) is 18.4 Å². The molecule has 0 spiro atoms. The fourth-order valence-corrected chi connectivity index (χ4v) is 3.14. The van der Waals surface area contributed by atoms with E-state index in [2.05, 4.69) is 5.16 Å². The third-order valence-electron chi connectivity index (χ3n) is 4.43. The summed E-state index contributed by atoms with van der Waals surface area (Å²) in [5, 5.41) is 15.0. The molecule has 3 aromatic rings. The van der Waals surface area contributed by atoms with Crippen molar-refractivity contribution < 1.29 is 14.2 Å². The minimum Gasteiger partial charge on any atom is -0.355 e. The van der Waals surface area contributed by atoms with Gasteiger partial charge < -0.3 is 9.42 Å². The van der Waals surface area contributed by atoms with Crippen LogP contribution in [0.25, 0.3) is 11.3 Å². The lowest BCUT2D eigenvalue weighted by Gasteiger charge is -2.28. The van der Waals surface area contributed by atoms with Gasteiger partial charge in [0.15, 0.2) is 11.5 Å². The summed E-state index contributed by atoms with van der Waals surface area (Å²) in [4.78, 5) is 25.1. The standard InChI is InChI=1S/C19H15N3O4/c23-19(16-12-18(26-20-16)14-5-2-1-3-6-14)21-10-4-7-13-8-9-15(22(24)25)11-17(13)21/h1-3,5-6,8-9,11-12H,4,7,10H2. The summed E-state index contributed by atoms with van der Waals surface area (Å²) in [7, 11) is 0. The van der Waals surface area contributed by atoms with E-state index < -0.39 is 4.92 Å². The van der Waals surface area contributed by atoms with Crippen LogP contribution < -0.4 is 4.90 Å². The maximum atomic E-state index is 12.9. The number of carbonyl (C=O) groups excluding carboxylic acids is 1. The number of anilines is 1. The zero-order valence-corrected chi connectivity index (χ0v) is 13.8. The molecule has 1 aromatic heterocycles. The molecule has 4 rings (SSSR count). The van der Waals surface area contributed by atoms with Crippen molar-refractivity contribution in [3.8, 4) is 11.3 Å². The van der Waals surface area contributed by atoms with Crippen LogP contribution in [0.1, 0.15) is 22.5 Å². The molecule has 0 aliphatic carbocycles. The van der Waals surface area contributed by atoms with Gasteiger partial charge >= 0.3 is 0 Å². The first-order valence-corrected chi connectivity index (χ1v) is 8.25. The molecule has 7 heteroatoms. The first-order valence-electron chi connectivity index (χ1n) is 8.25. The molecular formula is C19H15N3O4. The predicted molar refractivity (Wildman–Crippen MR) is 95.0 cm³/mol. The predicted octanol–water partition coefficient (Wildman–Crippen LogP) is 3.84. The van der Waals surface area contributed by atoms with E-state index in [0.717, 1.165) is 24.0 Å². The highest BCUT2D eigenvalue weighted by molar-refractivity contribution is 6.06. The lowest BCUT2D eigenvalue weighted by atomic mass is 10.0. The largest absolute Gasteiger partial charge is 0.355 e. The Morgan fingerprint density at radius 3 is 2.73 bits per heavy atom. The van der Waals surface area contributed by atoms with E-state index in [-0.39, 0.29) is 17.3 Å². The summed E-state index contributed by atoms with van der Waals surface area (Å²) in [5.41, 5.74) is 2.47. The van der Waals surface area contributed by atoms with Crippen molar-refractivity contribution in [1.29, 1.82) is 0 Å². The van der Waals surface area contributed by atoms with Crippen LogP contribution in [0.2, 0.25) is 0 Å². The fourth-order valence-electron chi connectivity index (χ4n) is 3.14. The van der Waals surface area contributed by atoms with Crippen molar-refractivity contribution in [2.75, 3.05) is 11.4 Å². The quantitative estimate of drug-likeness (QED) is 0.529. The van der Waals surface area contributed by atoms with Crippen LogP contribution >= 0.6 is 0 Å². The Labute approximate surface area is 149 Å². The molecule has 0 fully saturated rings. The van der Waals surface area contributed by atoms with Gasteiger partial charge in [0.05, 0.1) is 10.6 Å². The number of benzene rings is 2. The highest BCUT2D eigenvalue weighted by Gasteiger charge is 2.27. The van der Waals surface area contributed by atoms with E-state index in [1.807, 2.05) is 30.3 Å². The summed E-state index contributed by atoms with van der Waals surface area (Å²) in [6.45, 7) is 0.487. The van der Waals surface area contributed by atoms with Crippen molar-refractivity contribution >= 4 is 17.3 Å². The smallest absolute Gasteiger partial charge is 0.280 e. The first-order chi connectivity index (χ1) is 12.6. The second-order valence-corrected chi connectivity index (χ2v) is 6.07. The van der Waals surface area contributed by atoms with Crippen molar-refractivity contribution in [3.63, 3.8) is 0 Å². The molecule has 1 aliphatic rings. The van der Waals surface area contributed by atoms with Crippen LogP contribution in [0, 0.1) is 10.1 Å². The van der Waals surface area contributed by atoms with Gasteiger partial charge in [-0.25, -0.2) is 0 Å². The number of carbonyl (C=O) groups is 1. The van der Waals surface area contributed by atoms with Crippen molar-refractivity contribution in [1.82, 2.24) is 5.16 Å². The average Bonchev–Trinajstić information content (AvgIpc) is 3.17. The fraction of sp³-hybridized carbons (Fsp3) is 0.158. The van der Waals surface area contributed by atoms with Gasteiger partial charge in [-0.15, -0.1) is 0 Å². The molecule has 0 saturated heterocycles. The van der Waals surface area contributed by atoms with Crippen LogP contribution in [0.5, 0.6) is 0 Å². The SMILES string of the molecule is O=C(c1cc(-c2ccccc2)on1)N1CCCc2ccc([N+](=O)[O-])cc21. The first kappa shape index (κ1) is 16.0. The van der Waals surface area contributed by atoms with Crippen LogP contribution in [0.3, 0.4) is 0 Å². The van der Waals surface area contributed by atoms with E-state index in [1.165, 1.54) is 12.1 Å². The maximum absolute atomic E-state index is 12.9. The molecule has 0 saturated carbocycles. The number of nitro benzene ring substituents is 1. The Morgan fingerprint density at radius 2 is 1.96 bits per heavy atom. The molecule has 1 aliphatic heterocycles. The molecule has 0 unspecified atom stereocenters. The number of aryl methyl sites for hydroxylation is 1. The van der Waals surface area contributed by atoms with Gasteiger partial charge in [-0.3, -0.25) is 14.9 Å². The minimum absolute atomic E-state index is 0.0337. The van der Waals surface area contributed by atoms with Crippen molar-refractivity contribution in [3.05, 3.63) is 76.0 Å². The van der Waals surface area contributed by atoms with E-state index in [4.69, 9.17) is 4.52 Å². The van der Waals surface area contributed by atoms with Gasteiger partial charge in [-0.2, -0.15) is 0 Å². The Kier molecular flexibility index (Phi) is 3.96. The molecule has 0 atom stereocenters. The number of fused-ring (bicyclic) bond motifs is 1. The number of rotatable bonds is 3. The van der Waals surface area contributed by atoms with E-state index in [9.17, 15) is 14.9 Å². The Hall–Kier alpha value is -3.48. The molecule has 2 heterocycles. The Morgan fingerprint density at radius 1 is 1.15 bits per heavy atom. The highest BCUT2D eigenvalue weighted by atomic mass is 16.6. The third kappa shape index (κ3) is 2.83. The van der Waals surface area contributed by atoms with Crippen LogP contribution in [-0.4, -0.2) is 22.5 Å². The van der Waals surface area contributed by atoms with Gasteiger partial charge in [-0.1, -0.05) is 41.6 Å². The monoisotopic (exact) mass is 349 g/mol. The second-order valence-electron chi connectivity index (χ2n) is 6.07. The van der Waals surface area contributed by atoms with Gasteiger partial charge in [0.1, 0.15) is 0 Å². The molecule has 0 N–H and O–H groups in total. The summed E-state index contributed by atoms with van der Waals surface area (Å²) in [6.07, 6.45) is 1.57. The lowest BCUT2D eigenvalue weighted by molar-refractivity contribution is -0.384. The number of aromatic nitrogens is 1. The second kappa shape index (κ2) is 6.44. The van der Waals surface area contributed by atoms with Gasteiger partial charge in [0.25, 0.3) is 11.6 Å². The number of hydrogen-bond donors (Lipinski definition) is 0.